The highest BCUT2D eigenvalue weighted by atomic mass is 16.6. The molecule has 1 aromatic carbocycles. The minimum Gasteiger partial charge on any atom is -0.282 e. The topological polar surface area (TPSA) is 104 Å². The summed E-state index contributed by atoms with van der Waals surface area (Å²) in [7, 11) is 0. The first kappa shape index (κ1) is 17.1. The van der Waals surface area contributed by atoms with Crippen LogP contribution in [-0.2, 0) is 15.0 Å². The van der Waals surface area contributed by atoms with E-state index < -0.39 is 22.2 Å². The number of benzene rings is 1. The maximum absolute atomic E-state index is 12.6. The molecule has 0 aromatic heterocycles. The van der Waals surface area contributed by atoms with E-state index in [1.54, 1.807) is 6.07 Å². The van der Waals surface area contributed by atoms with Crippen LogP contribution < -0.4 is 0 Å². The zero-order valence-corrected chi connectivity index (χ0v) is 14.0. The van der Waals surface area contributed by atoms with E-state index in [2.05, 4.69) is 13.0 Å². The van der Waals surface area contributed by atoms with E-state index in [1.807, 2.05) is 0 Å². The maximum atomic E-state index is 12.6. The lowest BCUT2D eigenvalue weighted by atomic mass is 9.91. The van der Waals surface area contributed by atoms with E-state index in [0.717, 1.165) is 25.7 Å². The Hall–Kier alpha value is -2.75. The zero-order valence-electron chi connectivity index (χ0n) is 14.0. The highest BCUT2D eigenvalue weighted by molar-refractivity contribution is 6.12. The molecule has 2 unspecified atom stereocenters. The fourth-order valence-corrected chi connectivity index (χ4v) is 3.86. The molecule has 1 aliphatic heterocycles. The summed E-state index contributed by atoms with van der Waals surface area (Å²) in [5.41, 5.74) is -1.01. The summed E-state index contributed by atoms with van der Waals surface area (Å²) in [6, 6.07) is 7.80. The van der Waals surface area contributed by atoms with E-state index in [0.29, 0.717) is 12.1 Å². The molecule has 0 bridgehead atoms. The molecule has 1 saturated heterocycles. The van der Waals surface area contributed by atoms with E-state index >= 15 is 0 Å². The van der Waals surface area contributed by atoms with Crippen LogP contribution in [0.2, 0.25) is 0 Å². The number of likely N-dealkylation sites (tertiary alicyclic amines) is 1. The lowest BCUT2D eigenvalue weighted by Crippen LogP contribution is -2.39. The average molecular weight is 341 g/mol. The smallest absolute Gasteiger partial charge is 0.269 e. The van der Waals surface area contributed by atoms with Gasteiger partial charge in [-0.15, -0.1) is 0 Å². The lowest BCUT2D eigenvalue weighted by Gasteiger charge is -2.21. The number of nitrogens with zero attached hydrogens (tertiary/aromatic N) is 3. The van der Waals surface area contributed by atoms with Gasteiger partial charge < -0.3 is 0 Å². The highest BCUT2D eigenvalue weighted by Crippen LogP contribution is 2.64. The largest absolute Gasteiger partial charge is 0.282 e. The number of amides is 2. The highest BCUT2D eigenvalue weighted by Gasteiger charge is 2.79. The zero-order chi connectivity index (χ0) is 18.2. The number of carbonyl (C=O) groups excluding carboxylic acids is 2. The minimum absolute atomic E-state index is 0.145. The number of nitriles is 1. The first-order valence-electron chi connectivity index (χ1n) is 8.50. The number of nitro groups is 1. The summed E-state index contributed by atoms with van der Waals surface area (Å²) in [6.07, 6.45) is 3.84. The van der Waals surface area contributed by atoms with Crippen molar-refractivity contribution < 1.29 is 14.5 Å². The van der Waals surface area contributed by atoms with Gasteiger partial charge in [0.15, 0.2) is 0 Å². The summed E-state index contributed by atoms with van der Waals surface area (Å²) in [4.78, 5) is 36.9. The van der Waals surface area contributed by atoms with E-state index in [1.165, 1.54) is 23.1 Å². The van der Waals surface area contributed by atoms with Crippen LogP contribution in [0.25, 0.3) is 0 Å². The SMILES string of the molecule is CCCCCCN1C(=O)C2C(C1=O)C2(C#N)c1cccc([N+](=O)[O-])c1. The summed E-state index contributed by atoms with van der Waals surface area (Å²) in [6.45, 7) is 2.47. The molecule has 0 spiro atoms. The number of carbonyl (C=O) groups is 2. The summed E-state index contributed by atoms with van der Waals surface area (Å²) >= 11 is 0. The fourth-order valence-electron chi connectivity index (χ4n) is 3.86. The molecule has 1 heterocycles. The number of rotatable bonds is 7. The molecule has 0 N–H and O–H groups in total. The fraction of sp³-hybridized carbons (Fsp3) is 0.500. The van der Waals surface area contributed by atoms with Gasteiger partial charge in [0.05, 0.1) is 22.8 Å². The Labute approximate surface area is 145 Å². The predicted molar refractivity (Wildman–Crippen MR) is 88.2 cm³/mol. The van der Waals surface area contributed by atoms with Gasteiger partial charge in [0.2, 0.25) is 11.8 Å². The van der Waals surface area contributed by atoms with E-state index in [4.69, 9.17) is 0 Å². The number of piperidine rings is 1. The van der Waals surface area contributed by atoms with Gasteiger partial charge in [-0.25, -0.2) is 0 Å². The van der Waals surface area contributed by atoms with Crippen molar-refractivity contribution in [3.8, 4) is 6.07 Å². The van der Waals surface area contributed by atoms with Crippen LogP contribution in [0.3, 0.4) is 0 Å². The Kier molecular flexibility index (Phi) is 4.29. The van der Waals surface area contributed by atoms with Crippen molar-refractivity contribution in [2.45, 2.75) is 38.0 Å². The first-order valence-corrected chi connectivity index (χ1v) is 8.50. The van der Waals surface area contributed by atoms with Crippen molar-refractivity contribution >= 4 is 17.5 Å². The van der Waals surface area contributed by atoms with Gasteiger partial charge in [0.25, 0.3) is 5.69 Å². The second-order valence-corrected chi connectivity index (χ2v) is 6.63. The van der Waals surface area contributed by atoms with Crippen molar-refractivity contribution in [1.29, 1.82) is 5.26 Å². The molecule has 2 fully saturated rings. The molecule has 7 heteroatoms. The van der Waals surface area contributed by atoms with Crippen LogP contribution in [0.5, 0.6) is 0 Å². The van der Waals surface area contributed by atoms with Crippen molar-refractivity contribution in [3.63, 3.8) is 0 Å². The monoisotopic (exact) mass is 341 g/mol. The number of hydrogen-bond acceptors (Lipinski definition) is 5. The average Bonchev–Trinajstić information content (AvgIpc) is 3.24. The molecule has 1 saturated carbocycles. The van der Waals surface area contributed by atoms with Gasteiger partial charge >= 0.3 is 0 Å². The van der Waals surface area contributed by atoms with Crippen LogP contribution in [0.1, 0.15) is 38.2 Å². The molecule has 7 nitrogen and oxygen atoms in total. The van der Waals surface area contributed by atoms with Gasteiger partial charge in [0, 0.05) is 18.7 Å². The van der Waals surface area contributed by atoms with Crippen molar-refractivity contribution in [2.75, 3.05) is 6.54 Å². The van der Waals surface area contributed by atoms with E-state index in [-0.39, 0.29) is 17.5 Å². The maximum Gasteiger partial charge on any atom is 0.269 e. The molecule has 0 radical (unpaired) electrons. The molecular formula is C18H19N3O4. The number of non-ortho nitro benzene ring substituents is 1. The van der Waals surface area contributed by atoms with Crippen LogP contribution >= 0.6 is 0 Å². The Morgan fingerprint density at radius 1 is 1.24 bits per heavy atom. The third kappa shape index (κ3) is 2.49. The second-order valence-electron chi connectivity index (χ2n) is 6.63. The normalized spacial score (nSPS) is 27.1. The predicted octanol–water partition coefficient (Wildman–Crippen LogP) is 2.55. The molecule has 3 rings (SSSR count). The number of unbranched alkanes of at least 4 members (excludes halogenated alkanes) is 3. The molecule has 2 atom stereocenters. The van der Waals surface area contributed by atoms with Gasteiger partial charge in [-0.3, -0.25) is 24.6 Å². The molecule has 130 valence electrons. The Balaban J connectivity index is 1.81. The van der Waals surface area contributed by atoms with Gasteiger partial charge in [-0.1, -0.05) is 38.3 Å². The number of nitro benzene ring substituents is 1. The Morgan fingerprint density at radius 2 is 1.92 bits per heavy atom. The molecule has 2 amide bonds. The first-order chi connectivity index (χ1) is 12.0. The summed E-state index contributed by atoms with van der Waals surface area (Å²) < 4.78 is 0. The van der Waals surface area contributed by atoms with Crippen LogP contribution in [-0.4, -0.2) is 28.2 Å². The summed E-state index contributed by atoms with van der Waals surface area (Å²) in [5, 5.41) is 20.6. The second kappa shape index (κ2) is 6.28. The van der Waals surface area contributed by atoms with Gasteiger partial charge in [-0.2, -0.15) is 5.26 Å². The molecule has 2 aliphatic rings. The van der Waals surface area contributed by atoms with Crippen LogP contribution in [0, 0.1) is 33.3 Å². The molecule has 1 aromatic rings. The van der Waals surface area contributed by atoms with Crippen LogP contribution in [0.15, 0.2) is 24.3 Å². The third-order valence-electron chi connectivity index (χ3n) is 5.22. The Morgan fingerprint density at radius 3 is 2.48 bits per heavy atom. The third-order valence-corrected chi connectivity index (χ3v) is 5.22. The van der Waals surface area contributed by atoms with Crippen molar-refractivity contribution in [1.82, 2.24) is 4.90 Å². The lowest BCUT2D eigenvalue weighted by molar-refractivity contribution is -0.384. The molecular weight excluding hydrogens is 322 g/mol. The number of imide groups is 1. The molecule has 1 aliphatic carbocycles. The van der Waals surface area contributed by atoms with Gasteiger partial charge in [0.1, 0.15) is 5.41 Å². The number of fused-ring (bicyclic) bond motifs is 1. The molecule has 25 heavy (non-hydrogen) atoms. The number of hydrogen-bond donors (Lipinski definition) is 0. The van der Waals surface area contributed by atoms with E-state index in [9.17, 15) is 25.0 Å². The minimum atomic E-state index is -1.25. The summed E-state index contributed by atoms with van der Waals surface area (Å²) in [5.74, 6) is -2.06. The Bertz CT molecular complexity index is 761. The van der Waals surface area contributed by atoms with Gasteiger partial charge in [-0.05, 0) is 12.0 Å². The standard InChI is InChI=1S/C18H19N3O4/c1-2-3-4-5-9-20-16(22)14-15(17(20)23)18(14,11-19)12-7-6-8-13(10-12)21(24)25/h6-8,10,14-15H,2-5,9H2,1H3. The van der Waals surface area contributed by atoms with Crippen LogP contribution in [0.4, 0.5) is 5.69 Å². The van der Waals surface area contributed by atoms with Crippen molar-refractivity contribution in [3.05, 3.63) is 39.9 Å². The quantitative estimate of drug-likeness (QED) is 0.328. The van der Waals surface area contributed by atoms with Crippen molar-refractivity contribution in [2.24, 2.45) is 11.8 Å².